The molecule has 4 nitrogen and oxygen atoms in total. The van der Waals surface area contributed by atoms with Gasteiger partial charge < -0.3 is 10.6 Å². The molecule has 0 atom stereocenters. The van der Waals surface area contributed by atoms with E-state index in [1.807, 2.05) is 13.8 Å². The first kappa shape index (κ1) is 14.5. The molecule has 0 radical (unpaired) electrons. The van der Waals surface area contributed by atoms with E-state index in [1.54, 1.807) is 6.92 Å². The zero-order chi connectivity index (χ0) is 13.8. The van der Waals surface area contributed by atoms with E-state index in [4.69, 9.17) is 0 Å². The van der Waals surface area contributed by atoms with E-state index in [9.17, 15) is 13.2 Å². The Hall–Kier alpha value is -1.53. The van der Waals surface area contributed by atoms with Crippen molar-refractivity contribution >= 4 is 11.8 Å². The number of rotatable bonds is 5. The third-order valence-electron chi connectivity index (χ3n) is 2.04. The second-order valence-electron chi connectivity index (χ2n) is 4.26. The number of hydrogen-bond donors (Lipinski definition) is 2. The van der Waals surface area contributed by atoms with Crippen molar-refractivity contribution in [2.45, 2.75) is 26.9 Å². The van der Waals surface area contributed by atoms with Crippen LogP contribution in [0, 0.1) is 5.92 Å². The van der Waals surface area contributed by atoms with Crippen LogP contribution in [0.15, 0.2) is 6.07 Å². The van der Waals surface area contributed by atoms with Gasteiger partial charge in [-0.25, -0.2) is 4.98 Å². The maximum absolute atomic E-state index is 12.6. The fourth-order valence-electron chi connectivity index (χ4n) is 1.23. The normalized spacial score (nSPS) is 11.7. The van der Waals surface area contributed by atoms with Crippen molar-refractivity contribution < 1.29 is 13.2 Å². The van der Waals surface area contributed by atoms with E-state index in [2.05, 4.69) is 20.6 Å². The summed E-state index contributed by atoms with van der Waals surface area (Å²) in [5.74, 6) is 0.484. The van der Waals surface area contributed by atoms with Gasteiger partial charge in [-0.05, 0) is 12.8 Å². The molecule has 0 fully saturated rings. The van der Waals surface area contributed by atoms with E-state index in [0.29, 0.717) is 19.0 Å². The molecule has 0 spiro atoms. The summed E-state index contributed by atoms with van der Waals surface area (Å²) in [6, 6.07) is 0.920. The van der Waals surface area contributed by atoms with Gasteiger partial charge in [-0.2, -0.15) is 18.2 Å². The maximum atomic E-state index is 12.6. The first-order chi connectivity index (χ1) is 8.32. The Morgan fingerprint density at radius 2 is 1.89 bits per heavy atom. The molecule has 0 saturated carbocycles. The molecule has 1 rings (SSSR count). The molecule has 0 unspecified atom stereocenters. The van der Waals surface area contributed by atoms with Crippen LogP contribution in [-0.4, -0.2) is 23.1 Å². The molecule has 1 aromatic rings. The predicted molar refractivity (Wildman–Crippen MR) is 64.5 cm³/mol. The Morgan fingerprint density at radius 1 is 1.22 bits per heavy atom. The number of halogens is 3. The van der Waals surface area contributed by atoms with Crippen molar-refractivity contribution in [2.24, 2.45) is 5.92 Å². The number of nitrogens with zero attached hydrogens (tertiary/aromatic N) is 2. The van der Waals surface area contributed by atoms with Crippen molar-refractivity contribution in [2.75, 3.05) is 23.7 Å². The van der Waals surface area contributed by atoms with Crippen molar-refractivity contribution in [3.05, 3.63) is 11.8 Å². The van der Waals surface area contributed by atoms with Crippen LogP contribution < -0.4 is 10.6 Å². The Labute approximate surface area is 104 Å². The van der Waals surface area contributed by atoms with Gasteiger partial charge >= 0.3 is 6.18 Å². The summed E-state index contributed by atoms with van der Waals surface area (Å²) < 4.78 is 37.9. The summed E-state index contributed by atoms with van der Waals surface area (Å²) in [6.07, 6.45) is -4.47. The molecule has 2 N–H and O–H groups in total. The highest BCUT2D eigenvalue weighted by atomic mass is 19.4. The van der Waals surface area contributed by atoms with Gasteiger partial charge in [0, 0.05) is 19.2 Å². The molecule has 0 aliphatic carbocycles. The Morgan fingerprint density at radius 3 is 2.39 bits per heavy atom. The van der Waals surface area contributed by atoms with Gasteiger partial charge in [-0.15, -0.1) is 0 Å². The summed E-state index contributed by atoms with van der Waals surface area (Å²) in [4.78, 5) is 7.41. The van der Waals surface area contributed by atoms with Gasteiger partial charge in [0.15, 0.2) is 5.69 Å². The van der Waals surface area contributed by atoms with Crippen LogP contribution in [0.4, 0.5) is 24.9 Å². The molecule has 102 valence electrons. The minimum atomic E-state index is -4.47. The monoisotopic (exact) mass is 262 g/mol. The quantitative estimate of drug-likeness (QED) is 0.856. The predicted octanol–water partition coefficient (Wildman–Crippen LogP) is 3.00. The number of nitrogens with one attached hydrogen (secondary N) is 2. The highest BCUT2D eigenvalue weighted by molar-refractivity contribution is 5.43. The zero-order valence-corrected chi connectivity index (χ0v) is 10.6. The molecule has 1 aromatic heterocycles. The van der Waals surface area contributed by atoms with Crippen molar-refractivity contribution in [1.82, 2.24) is 9.97 Å². The molecule has 0 aliphatic heterocycles. The number of hydrogen-bond acceptors (Lipinski definition) is 4. The molecule has 0 amide bonds. The molecule has 0 aliphatic rings. The van der Waals surface area contributed by atoms with E-state index >= 15 is 0 Å². The van der Waals surface area contributed by atoms with E-state index < -0.39 is 11.9 Å². The summed E-state index contributed by atoms with van der Waals surface area (Å²) in [6.45, 7) is 6.71. The third kappa shape index (κ3) is 4.38. The Bertz CT molecular complexity index is 390. The van der Waals surface area contributed by atoms with Crippen LogP contribution in [-0.2, 0) is 6.18 Å². The second-order valence-corrected chi connectivity index (χ2v) is 4.26. The molecule has 0 aromatic carbocycles. The zero-order valence-electron chi connectivity index (χ0n) is 10.6. The average Bonchev–Trinajstić information content (AvgIpc) is 2.25. The van der Waals surface area contributed by atoms with Crippen LogP contribution >= 0.6 is 0 Å². The van der Waals surface area contributed by atoms with Crippen LogP contribution in [0.1, 0.15) is 26.5 Å². The molecule has 18 heavy (non-hydrogen) atoms. The van der Waals surface area contributed by atoms with E-state index in [1.165, 1.54) is 0 Å². The van der Waals surface area contributed by atoms with E-state index in [-0.39, 0.29) is 11.8 Å². The SMILES string of the molecule is CCNc1nc(NCC(C)C)cc(C(F)(F)F)n1. The van der Waals surface area contributed by atoms with Crippen LogP contribution in [0.2, 0.25) is 0 Å². The number of alkyl halides is 3. The highest BCUT2D eigenvalue weighted by Crippen LogP contribution is 2.29. The van der Waals surface area contributed by atoms with Crippen molar-refractivity contribution in [3.63, 3.8) is 0 Å². The third-order valence-corrected chi connectivity index (χ3v) is 2.04. The smallest absolute Gasteiger partial charge is 0.370 e. The Balaban J connectivity index is 2.98. The molecule has 0 saturated heterocycles. The fourth-order valence-corrected chi connectivity index (χ4v) is 1.23. The summed E-state index contributed by atoms with van der Waals surface area (Å²) >= 11 is 0. The van der Waals surface area contributed by atoms with Crippen LogP contribution in [0.25, 0.3) is 0 Å². The summed E-state index contributed by atoms with van der Waals surface area (Å²) in [5, 5.41) is 5.55. The molecule has 7 heteroatoms. The average molecular weight is 262 g/mol. The molecular formula is C11H17F3N4. The fraction of sp³-hybridized carbons (Fsp3) is 0.636. The van der Waals surface area contributed by atoms with Gasteiger partial charge in [0.25, 0.3) is 0 Å². The first-order valence-electron chi connectivity index (χ1n) is 5.77. The Kier molecular flexibility index (Phi) is 4.75. The lowest BCUT2D eigenvalue weighted by Gasteiger charge is -2.13. The second kappa shape index (κ2) is 5.88. The standard InChI is InChI=1S/C11H17F3N4/c1-4-15-10-17-8(11(12,13)14)5-9(18-10)16-6-7(2)3/h5,7H,4,6H2,1-3H3,(H2,15,16,17,18). The molecular weight excluding hydrogens is 245 g/mol. The summed E-state index contributed by atoms with van der Waals surface area (Å²) in [7, 11) is 0. The van der Waals surface area contributed by atoms with Crippen molar-refractivity contribution in [3.8, 4) is 0 Å². The van der Waals surface area contributed by atoms with Gasteiger partial charge in [0.1, 0.15) is 5.82 Å². The largest absolute Gasteiger partial charge is 0.433 e. The molecule has 0 bridgehead atoms. The number of anilines is 2. The summed E-state index contributed by atoms with van der Waals surface area (Å²) in [5.41, 5.74) is -0.945. The maximum Gasteiger partial charge on any atom is 0.433 e. The van der Waals surface area contributed by atoms with Crippen LogP contribution in [0.3, 0.4) is 0 Å². The lowest BCUT2D eigenvalue weighted by atomic mass is 10.2. The van der Waals surface area contributed by atoms with Gasteiger partial charge in [-0.3, -0.25) is 0 Å². The van der Waals surface area contributed by atoms with Crippen molar-refractivity contribution in [1.29, 1.82) is 0 Å². The topological polar surface area (TPSA) is 49.8 Å². The van der Waals surface area contributed by atoms with Gasteiger partial charge in [0.2, 0.25) is 5.95 Å². The minimum absolute atomic E-state index is 0.0152. The lowest BCUT2D eigenvalue weighted by molar-refractivity contribution is -0.141. The van der Waals surface area contributed by atoms with Gasteiger partial charge in [0.05, 0.1) is 0 Å². The number of aromatic nitrogens is 2. The first-order valence-corrected chi connectivity index (χ1v) is 5.77. The van der Waals surface area contributed by atoms with Gasteiger partial charge in [-0.1, -0.05) is 13.8 Å². The minimum Gasteiger partial charge on any atom is -0.370 e. The van der Waals surface area contributed by atoms with Crippen LogP contribution in [0.5, 0.6) is 0 Å². The molecule has 1 heterocycles. The highest BCUT2D eigenvalue weighted by Gasteiger charge is 2.33. The van der Waals surface area contributed by atoms with E-state index in [0.717, 1.165) is 6.07 Å². The lowest BCUT2D eigenvalue weighted by Crippen LogP contribution is -2.15.